The highest BCUT2D eigenvalue weighted by Gasteiger charge is 2.19. The molecule has 0 spiro atoms. The fourth-order valence-corrected chi connectivity index (χ4v) is 3.83. The topological polar surface area (TPSA) is 81.9 Å². The molecule has 7 heteroatoms. The molecule has 0 aliphatic carbocycles. The lowest BCUT2D eigenvalue weighted by atomic mass is 10.1. The molecule has 29 heavy (non-hydrogen) atoms. The predicted molar refractivity (Wildman–Crippen MR) is 111 cm³/mol. The summed E-state index contributed by atoms with van der Waals surface area (Å²) in [7, 11) is 0. The van der Waals surface area contributed by atoms with E-state index in [1.807, 2.05) is 43.6 Å². The van der Waals surface area contributed by atoms with E-state index in [4.69, 9.17) is 4.74 Å². The first-order valence-corrected chi connectivity index (χ1v) is 9.77. The van der Waals surface area contributed by atoms with Gasteiger partial charge in [-0.05, 0) is 50.1 Å². The molecule has 1 fully saturated rings. The second kappa shape index (κ2) is 7.25. The molecule has 4 heterocycles. The molecule has 1 aliphatic rings. The van der Waals surface area contributed by atoms with Crippen LogP contribution in [0.4, 0.5) is 5.69 Å². The second-order valence-electron chi connectivity index (χ2n) is 7.34. The Labute approximate surface area is 167 Å². The number of rotatable bonds is 3. The highest BCUT2D eigenvalue weighted by Crippen LogP contribution is 2.26. The number of pyridine rings is 2. The van der Waals surface area contributed by atoms with Crippen molar-refractivity contribution in [3.05, 3.63) is 60.2 Å². The minimum atomic E-state index is -0.215. The van der Waals surface area contributed by atoms with Gasteiger partial charge in [-0.15, -0.1) is 0 Å². The summed E-state index contributed by atoms with van der Waals surface area (Å²) in [5.74, 6) is -0.215. The maximum absolute atomic E-state index is 12.9. The molecular weight excluding hydrogens is 366 g/mol. The van der Waals surface area contributed by atoms with E-state index in [2.05, 4.69) is 24.8 Å². The van der Waals surface area contributed by atoms with E-state index in [-0.39, 0.29) is 5.91 Å². The standard InChI is InChI=1S/C22H21N5O2/c1-14-5-6-17-18(25-14)3-2-4-19(17)26-22(28)15-11-20-21(23-12-15)27(13-24-20)16-7-9-29-10-8-16/h2-6,11-13,16H,7-10H2,1H3,(H,26,28). The second-order valence-corrected chi connectivity index (χ2v) is 7.34. The van der Waals surface area contributed by atoms with E-state index in [9.17, 15) is 4.79 Å². The van der Waals surface area contributed by atoms with E-state index in [0.717, 1.165) is 59.5 Å². The van der Waals surface area contributed by atoms with Crippen LogP contribution in [0.3, 0.4) is 0 Å². The number of aryl methyl sites for hydroxylation is 1. The van der Waals surface area contributed by atoms with E-state index >= 15 is 0 Å². The summed E-state index contributed by atoms with van der Waals surface area (Å²) >= 11 is 0. The van der Waals surface area contributed by atoms with E-state index in [0.29, 0.717) is 11.6 Å². The van der Waals surface area contributed by atoms with Crippen molar-refractivity contribution in [3.8, 4) is 0 Å². The van der Waals surface area contributed by atoms with Gasteiger partial charge in [0, 0.05) is 36.5 Å². The zero-order chi connectivity index (χ0) is 19.8. The summed E-state index contributed by atoms with van der Waals surface area (Å²) < 4.78 is 7.54. The third-order valence-electron chi connectivity index (χ3n) is 5.38. The van der Waals surface area contributed by atoms with Crippen LogP contribution in [0.25, 0.3) is 22.1 Å². The first-order valence-electron chi connectivity index (χ1n) is 9.77. The first-order chi connectivity index (χ1) is 14.2. The Hall–Kier alpha value is -3.32. The van der Waals surface area contributed by atoms with Crippen LogP contribution in [0.1, 0.15) is 34.9 Å². The maximum Gasteiger partial charge on any atom is 0.257 e. The number of carbonyl (C=O) groups is 1. The van der Waals surface area contributed by atoms with Crippen LogP contribution in [0.2, 0.25) is 0 Å². The van der Waals surface area contributed by atoms with Crippen LogP contribution in [-0.4, -0.2) is 38.6 Å². The molecule has 4 aromatic rings. The number of hydrogen-bond acceptors (Lipinski definition) is 5. The number of nitrogens with zero attached hydrogens (tertiary/aromatic N) is 4. The highest BCUT2D eigenvalue weighted by molar-refractivity contribution is 6.09. The van der Waals surface area contributed by atoms with Crippen molar-refractivity contribution >= 4 is 33.7 Å². The summed E-state index contributed by atoms with van der Waals surface area (Å²) in [5, 5.41) is 3.89. The van der Waals surface area contributed by atoms with E-state index in [1.54, 1.807) is 12.3 Å². The van der Waals surface area contributed by atoms with Crippen LogP contribution in [-0.2, 0) is 4.74 Å². The van der Waals surface area contributed by atoms with Gasteiger partial charge in [-0.1, -0.05) is 6.07 Å². The van der Waals surface area contributed by atoms with Crippen LogP contribution in [0, 0.1) is 6.92 Å². The Bertz CT molecular complexity index is 1210. The zero-order valence-electron chi connectivity index (χ0n) is 16.1. The Morgan fingerprint density at radius 2 is 2.00 bits per heavy atom. The third-order valence-corrected chi connectivity index (χ3v) is 5.38. The zero-order valence-corrected chi connectivity index (χ0v) is 16.1. The number of hydrogen-bond donors (Lipinski definition) is 1. The number of nitrogens with one attached hydrogen (secondary N) is 1. The molecule has 1 saturated heterocycles. The van der Waals surface area contributed by atoms with Crippen molar-refractivity contribution in [3.63, 3.8) is 0 Å². The average molecular weight is 387 g/mol. The lowest BCUT2D eigenvalue weighted by molar-refractivity contribution is 0.0704. The van der Waals surface area contributed by atoms with Crippen molar-refractivity contribution in [2.45, 2.75) is 25.8 Å². The molecule has 3 aromatic heterocycles. The fraction of sp³-hybridized carbons (Fsp3) is 0.273. The average Bonchev–Trinajstić information content (AvgIpc) is 3.17. The molecule has 1 aliphatic heterocycles. The number of benzene rings is 1. The van der Waals surface area contributed by atoms with Gasteiger partial charge in [0.1, 0.15) is 5.52 Å². The molecule has 1 N–H and O–H groups in total. The number of carbonyl (C=O) groups excluding carboxylic acids is 1. The van der Waals surface area contributed by atoms with E-state index < -0.39 is 0 Å². The van der Waals surface area contributed by atoms with Crippen molar-refractivity contribution in [1.82, 2.24) is 19.5 Å². The lowest BCUT2D eigenvalue weighted by Crippen LogP contribution is -2.19. The van der Waals surface area contributed by atoms with Gasteiger partial charge in [0.25, 0.3) is 5.91 Å². The summed E-state index contributed by atoms with van der Waals surface area (Å²) in [6, 6.07) is 11.8. The van der Waals surface area contributed by atoms with Gasteiger partial charge in [0.2, 0.25) is 0 Å². The Morgan fingerprint density at radius 3 is 2.86 bits per heavy atom. The number of fused-ring (bicyclic) bond motifs is 2. The van der Waals surface area contributed by atoms with Crippen LogP contribution in [0.5, 0.6) is 0 Å². The Morgan fingerprint density at radius 1 is 1.14 bits per heavy atom. The van der Waals surface area contributed by atoms with Crippen molar-refractivity contribution in [2.75, 3.05) is 18.5 Å². The van der Waals surface area contributed by atoms with Gasteiger partial charge >= 0.3 is 0 Å². The third kappa shape index (κ3) is 3.34. The smallest absolute Gasteiger partial charge is 0.257 e. The number of aromatic nitrogens is 4. The summed E-state index contributed by atoms with van der Waals surface area (Å²) in [4.78, 5) is 26.4. The van der Waals surface area contributed by atoms with Gasteiger partial charge in [-0.2, -0.15) is 0 Å². The van der Waals surface area contributed by atoms with E-state index in [1.165, 1.54) is 0 Å². The molecule has 0 radical (unpaired) electrons. The van der Waals surface area contributed by atoms with Gasteiger partial charge in [0.05, 0.1) is 23.1 Å². The van der Waals surface area contributed by atoms with Crippen molar-refractivity contribution in [1.29, 1.82) is 0 Å². The van der Waals surface area contributed by atoms with Crippen molar-refractivity contribution < 1.29 is 9.53 Å². The Balaban J connectivity index is 1.43. The molecule has 1 amide bonds. The summed E-state index contributed by atoms with van der Waals surface area (Å²) in [5.41, 5.74) is 4.53. The van der Waals surface area contributed by atoms with Gasteiger partial charge in [-0.25, -0.2) is 9.97 Å². The molecule has 7 nitrogen and oxygen atoms in total. The monoisotopic (exact) mass is 387 g/mol. The van der Waals surface area contributed by atoms with Crippen LogP contribution < -0.4 is 5.32 Å². The van der Waals surface area contributed by atoms with Gasteiger partial charge in [0.15, 0.2) is 5.65 Å². The van der Waals surface area contributed by atoms with Gasteiger partial charge in [-0.3, -0.25) is 9.78 Å². The molecule has 5 rings (SSSR count). The number of amides is 1. The van der Waals surface area contributed by atoms with Crippen LogP contribution in [0.15, 0.2) is 48.9 Å². The largest absolute Gasteiger partial charge is 0.381 e. The quantitative estimate of drug-likeness (QED) is 0.577. The molecule has 0 bridgehead atoms. The predicted octanol–water partition coefficient (Wildman–Crippen LogP) is 3.89. The Kier molecular flexibility index (Phi) is 4.44. The number of imidazole rings is 1. The fourth-order valence-electron chi connectivity index (χ4n) is 3.83. The molecule has 146 valence electrons. The minimum absolute atomic E-state index is 0.215. The number of anilines is 1. The van der Waals surface area contributed by atoms with Gasteiger partial charge < -0.3 is 14.6 Å². The molecular formula is C22H21N5O2. The SMILES string of the molecule is Cc1ccc2c(NC(=O)c3cnc4c(c3)ncn4C3CCOCC3)cccc2n1. The first kappa shape index (κ1) is 17.8. The summed E-state index contributed by atoms with van der Waals surface area (Å²) in [6.07, 6.45) is 5.32. The lowest BCUT2D eigenvalue weighted by Gasteiger charge is -2.23. The molecule has 0 saturated carbocycles. The molecule has 1 aromatic carbocycles. The normalized spacial score (nSPS) is 15.1. The van der Waals surface area contributed by atoms with Crippen molar-refractivity contribution in [2.24, 2.45) is 0 Å². The number of ether oxygens (including phenoxy) is 1. The minimum Gasteiger partial charge on any atom is -0.381 e. The molecule has 0 unspecified atom stereocenters. The molecule has 0 atom stereocenters. The maximum atomic E-state index is 12.9. The highest BCUT2D eigenvalue weighted by atomic mass is 16.5. The van der Waals surface area contributed by atoms with Crippen LogP contribution >= 0.6 is 0 Å². The summed E-state index contributed by atoms with van der Waals surface area (Å²) in [6.45, 7) is 3.46.